The first kappa shape index (κ1) is 18.1. The Labute approximate surface area is 153 Å². The molecule has 134 valence electrons. The van der Waals surface area contributed by atoms with Crippen molar-refractivity contribution in [2.75, 3.05) is 18.0 Å². The number of nitrogens with one attached hydrogen (secondary N) is 1. The topological polar surface area (TPSA) is 75.2 Å². The van der Waals surface area contributed by atoms with Crippen LogP contribution in [0.3, 0.4) is 0 Å². The van der Waals surface area contributed by atoms with Crippen LogP contribution >= 0.6 is 11.6 Å². The molecule has 1 aromatic heterocycles. The highest BCUT2D eigenvalue weighted by Gasteiger charge is 2.17. The minimum absolute atomic E-state index is 0.0901. The molecule has 1 aromatic carbocycles. The van der Waals surface area contributed by atoms with Crippen LogP contribution in [0.2, 0.25) is 5.02 Å². The van der Waals surface area contributed by atoms with Gasteiger partial charge in [-0.05, 0) is 43.5 Å². The van der Waals surface area contributed by atoms with Crippen LogP contribution in [-0.2, 0) is 22.3 Å². The first-order chi connectivity index (χ1) is 11.9. The van der Waals surface area contributed by atoms with Crippen molar-refractivity contribution in [2.45, 2.75) is 32.1 Å². The quantitative estimate of drug-likeness (QED) is 0.833. The van der Waals surface area contributed by atoms with Crippen LogP contribution in [0.5, 0.6) is 0 Å². The summed E-state index contributed by atoms with van der Waals surface area (Å²) in [5.74, 6) is 0.595. The van der Waals surface area contributed by atoms with E-state index in [1.807, 2.05) is 13.0 Å². The van der Waals surface area contributed by atoms with E-state index < -0.39 is 10.0 Å². The molecule has 0 bridgehead atoms. The molecule has 1 fully saturated rings. The SMILES string of the molecule is Cc1cc(CNS(=O)(=O)Cc2ccc(Cl)cc2)nc(N2CCCC2)n1. The van der Waals surface area contributed by atoms with Crippen LogP contribution in [0.15, 0.2) is 30.3 Å². The largest absolute Gasteiger partial charge is 0.341 e. The van der Waals surface area contributed by atoms with Crippen LogP contribution in [0.1, 0.15) is 29.8 Å². The van der Waals surface area contributed by atoms with Crippen LogP contribution < -0.4 is 9.62 Å². The molecule has 0 saturated carbocycles. The van der Waals surface area contributed by atoms with E-state index in [2.05, 4.69) is 19.6 Å². The summed E-state index contributed by atoms with van der Waals surface area (Å²) >= 11 is 5.82. The zero-order valence-electron chi connectivity index (χ0n) is 14.1. The maximum absolute atomic E-state index is 12.3. The van der Waals surface area contributed by atoms with Crippen LogP contribution in [0.25, 0.3) is 0 Å². The molecule has 1 N–H and O–H groups in total. The maximum atomic E-state index is 12.3. The molecule has 1 aliphatic heterocycles. The Morgan fingerprint density at radius 3 is 2.52 bits per heavy atom. The molecule has 2 heterocycles. The van der Waals surface area contributed by atoms with Crippen molar-refractivity contribution in [2.24, 2.45) is 0 Å². The van der Waals surface area contributed by atoms with Crippen molar-refractivity contribution in [3.05, 3.63) is 52.3 Å². The van der Waals surface area contributed by atoms with Gasteiger partial charge in [0, 0.05) is 23.8 Å². The molecule has 0 atom stereocenters. The van der Waals surface area contributed by atoms with Gasteiger partial charge in [0.1, 0.15) is 0 Å². The highest BCUT2D eigenvalue weighted by Crippen LogP contribution is 2.17. The van der Waals surface area contributed by atoms with Crippen molar-refractivity contribution in [1.82, 2.24) is 14.7 Å². The lowest BCUT2D eigenvalue weighted by molar-refractivity contribution is 0.579. The second-order valence-electron chi connectivity index (χ2n) is 6.20. The summed E-state index contributed by atoms with van der Waals surface area (Å²) in [6.45, 7) is 3.95. The monoisotopic (exact) mass is 380 g/mol. The van der Waals surface area contributed by atoms with Crippen molar-refractivity contribution in [3.8, 4) is 0 Å². The predicted octanol–water partition coefficient (Wildman–Crippen LogP) is 2.66. The fourth-order valence-corrected chi connectivity index (χ4v) is 4.03. The number of rotatable bonds is 6. The van der Waals surface area contributed by atoms with Gasteiger partial charge in [-0.15, -0.1) is 0 Å². The second kappa shape index (κ2) is 7.68. The fraction of sp³-hybridized carbons (Fsp3) is 0.412. The van der Waals surface area contributed by atoms with Crippen molar-refractivity contribution in [3.63, 3.8) is 0 Å². The average molecular weight is 381 g/mol. The minimum Gasteiger partial charge on any atom is -0.341 e. The molecule has 0 aliphatic carbocycles. The number of aromatic nitrogens is 2. The van der Waals surface area contributed by atoms with Crippen LogP contribution in [0, 0.1) is 6.92 Å². The molecule has 0 spiro atoms. The number of hydrogen-bond donors (Lipinski definition) is 1. The Bertz CT molecular complexity index is 834. The number of benzene rings is 1. The first-order valence-electron chi connectivity index (χ1n) is 8.22. The average Bonchev–Trinajstić information content (AvgIpc) is 3.09. The summed E-state index contributed by atoms with van der Waals surface area (Å²) in [7, 11) is -3.46. The molecule has 2 aromatic rings. The predicted molar refractivity (Wildman–Crippen MR) is 99.1 cm³/mol. The molecule has 6 nitrogen and oxygen atoms in total. The number of halogens is 1. The molecular formula is C17H21ClN4O2S. The molecular weight excluding hydrogens is 360 g/mol. The van der Waals surface area contributed by atoms with E-state index in [-0.39, 0.29) is 12.3 Å². The Kier molecular flexibility index (Phi) is 5.56. The van der Waals surface area contributed by atoms with E-state index in [4.69, 9.17) is 11.6 Å². The molecule has 0 unspecified atom stereocenters. The van der Waals surface area contributed by atoms with E-state index in [0.717, 1.165) is 31.6 Å². The zero-order valence-corrected chi connectivity index (χ0v) is 15.6. The van der Waals surface area contributed by atoms with Gasteiger partial charge in [-0.3, -0.25) is 0 Å². The standard InChI is InChI=1S/C17H21ClN4O2S/c1-13-10-16(21-17(20-13)22-8-2-3-9-22)11-19-25(23,24)12-14-4-6-15(18)7-5-14/h4-7,10,19H,2-3,8-9,11-12H2,1H3. The van der Waals surface area contributed by atoms with Gasteiger partial charge >= 0.3 is 0 Å². The van der Waals surface area contributed by atoms with Gasteiger partial charge in [-0.25, -0.2) is 23.1 Å². The van der Waals surface area contributed by atoms with Gasteiger partial charge in [0.15, 0.2) is 0 Å². The van der Waals surface area contributed by atoms with Crippen molar-refractivity contribution >= 4 is 27.6 Å². The summed E-state index contributed by atoms with van der Waals surface area (Å²) in [5, 5.41) is 0.583. The smallest absolute Gasteiger partial charge is 0.225 e. The number of hydrogen-bond acceptors (Lipinski definition) is 5. The van der Waals surface area contributed by atoms with Gasteiger partial charge in [-0.2, -0.15) is 0 Å². The minimum atomic E-state index is -3.46. The van der Waals surface area contributed by atoms with E-state index >= 15 is 0 Å². The molecule has 1 saturated heterocycles. The van der Waals surface area contributed by atoms with Crippen molar-refractivity contribution < 1.29 is 8.42 Å². The zero-order chi connectivity index (χ0) is 17.9. The van der Waals surface area contributed by atoms with Gasteiger partial charge < -0.3 is 4.90 Å². The van der Waals surface area contributed by atoms with Crippen molar-refractivity contribution in [1.29, 1.82) is 0 Å². The normalized spacial score (nSPS) is 14.9. The number of aryl methyl sites for hydroxylation is 1. The fourth-order valence-electron chi connectivity index (χ4n) is 2.80. The Morgan fingerprint density at radius 1 is 1.16 bits per heavy atom. The first-order valence-corrected chi connectivity index (χ1v) is 10.3. The van der Waals surface area contributed by atoms with Gasteiger partial charge in [-0.1, -0.05) is 23.7 Å². The van der Waals surface area contributed by atoms with Gasteiger partial charge in [0.05, 0.1) is 18.0 Å². The van der Waals surface area contributed by atoms with E-state index in [1.165, 1.54) is 0 Å². The lowest BCUT2D eigenvalue weighted by atomic mass is 10.2. The summed E-state index contributed by atoms with van der Waals surface area (Å²) in [5.41, 5.74) is 2.20. The third-order valence-corrected chi connectivity index (χ3v) is 5.58. The third kappa shape index (κ3) is 5.14. The lowest BCUT2D eigenvalue weighted by Gasteiger charge is -2.16. The number of sulfonamides is 1. The summed E-state index contributed by atoms with van der Waals surface area (Å²) in [6, 6.07) is 8.60. The molecule has 8 heteroatoms. The summed E-state index contributed by atoms with van der Waals surface area (Å²) in [6.07, 6.45) is 2.28. The number of anilines is 1. The highest BCUT2D eigenvalue weighted by molar-refractivity contribution is 7.88. The summed E-state index contributed by atoms with van der Waals surface area (Å²) in [4.78, 5) is 11.1. The molecule has 3 rings (SSSR count). The molecule has 0 amide bonds. The highest BCUT2D eigenvalue weighted by atomic mass is 35.5. The Balaban J connectivity index is 1.66. The molecule has 1 aliphatic rings. The maximum Gasteiger partial charge on any atom is 0.225 e. The van der Waals surface area contributed by atoms with E-state index in [1.54, 1.807) is 24.3 Å². The Hall–Kier alpha value is -1.70. The number of nitrogens with zero attached hydrogens (tertiary/aromatic N) is 3. The molecule has 0 radical (unpaired) electrons. The molecule has 25 heavy (non-hydrogen) atoms. The third-order valence-electron chi connectivity index (χ3n) is 4.03. The van der Waals surface area contributed by atoms with Crippen LogP contribution in [0.4, 0.5) is 5.95 Å². The summed E-state index contributed by atoms with van der Waals surface area (Å²) < 4.78 is 27.2. The van der Waals surface area contributed by atoms with Gasteiger partial charge in [0.2, 0.25) is 16.0 Å². The van der Waals surface area contributed by atoms with Crippen LogP contribution in [-0.4, -0.2) is 31.5 Å². The Morgan fingerprint density at radius 2 is 1.84 bits per heavy atom. The second-order valence-corrected chi connectivity index (χ2v) is 8.44. The van der Waals surface area contributed by atoms with E-state index in [9.17, 15) is 8.42 Å². The van der Waals surface area contributed by atoms with Gasteiger partial charge in [0.25, 0.3) is 0 Å². The van der Waals surface area contributed by atoms with E-state index in [0.29, 0.717) is 22.2 Å². The lowest BCUT2D eigenvalue weighted by Crippen LogP contribution is -2.26.